The fourth-order valence-electron chi connectivity index (χ4n) is 0.118. The third-order valence-corrected chi connectivity index (χ3v) is 0.797. The lowest BCUT2D eigenvalue weighted by molar-refractivity contribution is -0.122. The molecule has 1 heterocycles. The van der Waals surface area contributed by atoms with Gasteiger partial charge in [-0.1, -0.05) is 0 Å². The van der Waals surface area contributed by atoms with Gasteiger partial charge in [-0.3, -0.25) is 0 Å². The Hall–Kier alpha value is -0.410. The molecule has 1 radical (unpaired) electrons. The molecule has 4 heteroatoms. The van der Waals surface area contributed by atoms with Gasteiger partial charge in [0, 0.05) is 0 Å². The second-order valence-corrected chi connectivity index (χ2v) is 1.23. The van der Waals surface area contributed by atoms with Crippen LogP contribution in [0.3, 0.4) is 0 Å². The number of imide groups is 1. The smallest absolute Gasteiger partial charge is 0.206 e. The standard InChI is InChI=1S/C2ClNO2/c3-4-1(5)2(4)6/q+1. The summed E-state index contributed by atoms with van der Waals surface area (Å²) in [4.78, 5) is 19.3. The van der Waals surface area contributed by atoms with Crippen molar-refractivity contribution in [2.24, 2.45) is 0 Å². The average Bonchev–Trinajstić information content (AvgIpc) is 1.94. The molecule has 1 fully saturated rings. The fraction of sp³-hybridized carbons (Fsp3) is 0. The maximum Gasteiger partial charge on any atom is 0.527 e. The molecule has 0 unspecified atom stereocenters. The second-order valence-electron chi connectivity index (χ2n) is 0.891. The molecule has 0 N–H and O–H groups in total. The van der Waals surface area contributed by atoms with Gasteiger partial charge < -0.3 is 0 Å². The number of halogens is 1. The fourth-order valence-corrected chi connectivity index (χ4v) is 0.224. The molecule has 0 bridgehead atoms. The van der Waals surface area contributed by atoms with E-state index in [-0.39, 0.29) is 0 Å². The Kier molecular flexibility index (Phi) is 0.504. The van der Waals surface area contributed by atoms with Crippen LogP contribution in [0.5, 0.6) is 0 Å². The monoisotopic (exact) mass is 105 g/mol. The molecule has 0 atom stereocenters. The Balaban J connectivity index is 2.75. The molecule has 0 saturated carbocycles. The molecule has 3 nitrogen and oxygen atoms in total. The Morgan fingerprint density at radius 2 is 1.50 bits per heavy atom. The SMILES string of the molecule is O=C1C(=O)[N+]1Cl. The van der Waals surface area contributed by atoms with Gasteiger partial charge in [0.25, 0.3) is 0 Å². The number of hydrogen-bond acceptors (Lipinski definition) is 2. The molecule has 1 rings (SSSR count). The number of nitrogens with zero attached hydrogens (tertiary/aromatic N) is 1. The summed E-state index contributed by atoms with van der Waals surface area (Å²) in [5.74, 6) is -1.23. The maximum absolute atomic E-state index is 9.66. The number of carbonyl (C=O) groups excluding carboxylic acids is 2. The lowest BCUT2D eigenvalue weighted by Crippen LogP contribution is -1.79. The van der Waals surface area contributed by atoms with E-state index in [9.17, 15) is 9.59 Å². The van der Waals surface area contributed by atoms with E-state index in [0.717, 1.165) is 0 Å². The molecule has 2 amide bonds. The van der Waals surface area contributed by atoms with Crippen LogP contribution in [0.2, 0.25) is 0 Å². The minimum absolute atomic E-state index is 0.528. The lowest BCUT2D eigenvalue weighted by atomic mass is 10.9. The first kappa shape index (κ1) is 3.77. The number of amides is 2. The van der Waals surface area contributed by atoms with Gasteiger partial charge in [0.05, 0.1) is 0 Å². The van der Waals surface area contributed by atoms with Crippen LogP contribution in [0.4, 0.5) is 0 Å². The molecule has 0 aromatic rings. The molecule has 1 aliphatic rings. The number of rotatable bonds is 0. The number of carbonyl (C=O) groups is 2. The number of hydrogen-bond donors (Lipinski definition) is 0. The van der Waals surface area contributed by atoms with Crippen LogP contribution in [0.25, 0.3) is 0 Å². The van der Waals surface area contributed by atoms with Crippen molar-refractivity contribution in [3.05, 3.63) is 0 Å². The summed E-state index contributed by atoms with van der Waals surface area (Å²) >= 11 is 4.82. The largest absolute Gasteiger partial charge is 0.527 e. The van der Waals surface area contributed by atoms with E-state index < -0.39 is 11.8 Å². The van der Waals surface area contributed by atoms with Crippen molar-refractivity contribution in [2.45, 2.75) is 0 Å². The summed E-state index contributed by atoms with van der Waals surface area (Å²) in [6.45, 7) is 0. The topological polar surface area (TPSA) is 40.0 Å². The highest BCUT2D eigenvalue weighted by Crippen LogP contribution is 2.06. The van der Waals surface area contributed by atoms with Crippen molar-refractivity contribution in [1.82, 2.24) is 4.42 Å². The molecule has 0 spiro atoms. The quantitative estimate of drug-likeness (QED) is 0.233. The molecule has 31 valence electrons. The van der Waals surface area contributed by atoms with Gasteiger partial charge in [0.15, 0.2) is 0 Å². The van der Waals surface area contributed by atoms with Gasteiger partial charge in [0.1, 0.15) is 4.42 Å². The van der Waals surface area contributed by atoms with Gasteiger partial charge in [-0.15, -0.1) is 0 Å². The Morgan fingerprint density at radius 1 is 1.33 bits per heavy atom. The highest BCUT2D eigenvalue weighted by molar-refractivity contribution is 6.68. The van der Waals surface area contributed by atoms with E-state index in [1.807, 2.05) is 0 Å². The van der Waals surface area contributed by atoms with E-state index in [4.69, 9.17) is 11.8 Å². The second kappa shape index (κ2) is 0.802. The molecular weight excluding hydrogens is 105 g/mol. The van der Waals surface area contributed by atoms with Gasteiger partial charge in [0.2, 0.25) is 11.8 Å². The van der Waals surface area contributed by atoms with E-state index in [1.165, 1.54) is 0 Å². The normalized spacial score (nSPS) is 22.2. The summed E-state index contributed by atoms with van der Waals surface area (Å²) in [5.41, 5.74) is 0. The van der Waals surface area contributed by atoms with Crippen molar-refractivity contribution in [2.75, 3.05) is 0 Å². The first-order valence-corrected chi connectivity index (χ1v) is 1.61. The minimum atomic E-state index is -0.614. The first-order chi connectivity index (χ1) is 2.73. The van der Waals surface area contributed by atoms with Crippen molar-refractivity contribution >= 4 is 23.6 Å². The third kappa shape index (κ3) is 0.262. The van der Waals surface area contributed by atoms with E-state index in [1.54, 1.807) is 0 Å². The summed E-state index contributed by atoms with van der Waals surface area (Å²) < 4.78 is 0.528. The zero-order chi connectivity index (χ0) is 4.73. The first-order valence-electron chi connectivity index (χ1n) is 1.27. The zero-order valence-corrected chi connectivity index (χ0v) is 3.40. The lowest BCUT2D eigenvalue weighted by Gasteiger charge is -1.34. The molecule has 6 heavy (non-hydrogen) atoms. The predicted molar refractivity (Wildman–Crippen MR) is 18.0 cm³/mol. The van der Waals surface area contributed by atoms with E-state index in [0.29, 0.717) is 4.42 Å². The summed E-state index contributed by atoms with van der Waals surface area (Å²) in [7, 11) is 0. The van der Waals surface area contributed by atoms with Gasteiger partial charge >= 0.3 is 11.8 Å². The van der Waals surface area contributed by atoms with Crippen LogP contribution in [0.15, 0.2) is 0 Å². The van der Waals surface area contributed by atoms with Crippen molar-refractivity contribution < 1.29 is 9.59 Å². The van der Waals surface area contributed by atoms with Gasteiger partial charge in [-0.2, -0.15) is 0 Å². The average molecular weight is 105 g/mol. The molecule has 0 aromatic carbocycles. The van der Waals surface area contributed by atoms with E-state index >= 15 is 0 Å². The predicted octanol–water partition coefficient (Wildman–Crippen LogP) is -0.653. The van der Waals surface area contributed by atoms with Gasteiger partial charge in [-0.25, -0.2) is 9.59 Å². The molecule has 1 saturated heterocycles. The molecular formula is C2ClNO2+. The third-order valence-electron chi connectivity index (χ3n) is 0.490. The van der Waals surface area contributed by atoms with Crippen LogP contribution in [0, 0.1) is 0 Å². The Labute approximate surface area is 38.6 Å². The summed E-state index contributed by atoms with van der Waals surface area (Å²) in [5, 5.41) is 0. The Morgan fingerprint density at radius 3 is 1.50 bits per heavy atom. The van der Waals surface area contributed by atoms with Crippen LogP contribution in [-0.2, 0) is 9.59 Å². The van der Waals surface area contributed by atoms with Crippen LogP contribution < -0.4 is 4.42 Å². The van der Waals surface area contributed by atoms with Crippen molar-refractivity contribution in [1.29, 1.82) is 0 Å². The van der Waals surface area contributed by atoms with E-state index in [2.05, 4.69) is 0 Å². The van der Waals surface area contributed by atoms with Crippen molar-refractivity contribution in [3.8, 4) is 0 Å². The highest BCUT2D eigenvalue weighted by atomic mass is 35.5. The van der Waals surface area contributed by atoms with Crippen molar-refractivity contribution in [3.63, 3.8) is 0 Å². The summed E-state index contributed by atoms with van der Waals surface area (Å²) in [6.07, 6.45) is 0. The minimum Gasteiger partial charge on any atom is -0.206 e. The van der Waals surface area contributed by atoms with Gasteiger partial charge in [-0.05, 0) is 0 Å². The van der Waals surface area contributed by atoms with Crippen LogP contribution in [0.1, 0.15) is 0 Å². The molecule has 0 aromatic heterocycles. The maximum atomic E-state index is 9.66. The zero-order valence-electron chi connectivity index (χ0n) is 2.64. The molecule has 0 aliphatic carbocycles. The van der Waals surface area contributed by atoms with Crippen LogP contribution in [-0.4, -0.2) is 11.8 Å². The highest BCUT2D eigenvalue weighted by Gasteiger charge is 2.65. The summed E-state index contributed by atoms with van der Waals surface area (Å²) in [6, 6.07) is 0. The molecule has 1 aliphatic heterocycles. The van der Waals surface area contributed by atoms with Crippen LogP contribution >= 0.6 is 11.8 Å². The Bertz CT molecular complexity index is 107.